The molecular formula is C11H13BrFNO2. The Morgan fingerprint density at radius 1 is 1.62 bits per heavy atom. The Kier molecular flexibility index (Phi) is 4.29. The van der Waals surface area contributed by atoms with Gasteiger partial charge in [-0.3, -0.25) is 4.79 Å². The minimum absolute atomic E-state index is 0.0253. The molecule has 0 fully saturated rings. The molecular weight excluding hydrogens is 277 g/mol. The second-order valence-corrected chi connectivity index (χ2v) is 4.57. The molecule has 0 saturated carbocycles. The zero-order valence-electron chi connectivity index (χ0n) is 9.08. The third kappa shape index (κ3) is 3.20. The van der Waals surface area contributed by atoms with Gasteiger partial charge in [-0.1, -0.05) is 15.9 Å². The van der Waals surface area contributed by atoms with Crippen LogP contribution in [0.3, 0.4) is 0 Å². The van der Waals surface area contributed by atoms with Gasteiger partial charge in [-0.2, -0.15) is 0 Å². The second kappa shape index (κ2) is 5.30. The summed E-state index contributed by atoms with van der Waals surface area (Å²) in [5.74, 6) is -1.25. The molecule has 0 aliphatic rings. The topological polar surface area (TPSA) is 40.5 Å². The molecule has 0 bridgehead atoms. The molecule has 0 aliphatic carbocycles. The van der Waals surface area contributed by atoms with E-state index in [0.29, 0.717) is 5.69 Å². The molecule has 0 aromatic heterocycles. The van der Waals surface area contributed by atoms with Crippen molar-refractivity contribution in [3.8, 4) is 0 Å². The molecule has 1 aromatic carbocycles. The lowest BCUT2D eigenvalue weighted by Gasteiger charge is -2.26. The van der Waals surface area contributed by atoms with Gasteiger partial charge in [0.05, 0.1) is 12.1 Å². The number of benzene rings is 1. The normalized spacial score (nSPS) is 12.2. The van der Waals surface area contributed by atoms with Crippen LogP contribution in [0.1, 0.15) is 13.3 Å². The maximum Gasteiger partial charge on any atom is 0.305 e. The van der Waals surface area contributed by atoms with Crippen LogP contribution in [0, 0.1) is 5.82 Å². The summed E-state index contributed by atoms with van der Waals surface area (Å²) in [4.78, 5) is 12.2. The number of nitrogens with zero attached hydrogens (tertiary/aromatic N) is 1. The lowest BCUT2D eigenvalue weighted by atomic mass is 10.2. The summed E-state index contributed by atoms with van der Waals surface area (Å²) < 4.78 is 14.3. The first-order valence-electron chi connectivity index (χ1n) is 4.81. The van der Waals surface area contributed by atoms with E-state index >= 15 is 0 Å². The lowest BCUT2D eigenvalue weighted by Crippen LogP contribution is -2.31. The quantitative estimate of drug-likeness (QED) is 0.927. The molecule has 0 spiro atoms. The van der Waals surface area contributed by atoms with Crippen molar-refractivity contribution in [3.05, 3.63) is 28.5 Å². The van der Waals surface area contributed by atoms with E-state index in [-0.39, 0.29) is 18.3 Å². The molecule has 0 amide bonds. The van der Waals surface area contributed by atoms with Crippen molar-refractivity contribution in [2.45, 2.75) is 19.4 Å². The van der Waals surface area contributed by atoms with Gasteiger partial charge >= 0.3 is 5.97 Å². The van der Waals surface area contributed by atoms with Crippen molar-refractivity contribution in [2.75, 3.05) is 11.9 Å². The van der Waals surface area contributed by atoms with Crippen LogP contribution >= 0.6 is 15.9 Å². The van der Waals surface area contributed by atoms with E-state index in [2.05, 4.69) is 15.9 Å². The maximum atomic E-state index is 13.5. The fourth-order valence-corrected chi connectivity index (χ4v) is 1.73. The third-order valence-electron chi connectivity index (χ3n) is 2.42. The fraction of sp³-hybridized carbons (Fsp3) is 0.364. The van der Waals surface area contributed by atoms with Crippen molar-refractivity contribution in [3.63, 3.8) is 0 Å². The summed E-state index contributed by atoms with van der Waals surface area (Å²) in [6, 6.07) is 4.33. The van der Waals surface area contributed by atoms with E-state index in [1.807, 2.05) is 0 Å². The molecule has 16 heavy (non-hydrogen) atoms. The number of hydrogen-bond donors (Lipinski definition) is 1. The number of aliphatic carboxylic acids is 1. The smallest absolute Gasteiger partial charge is 0.305 e. The Bertz CT molecular complexity index is 398. The highest BCUT2D eigenvalue weighted by atomic mass is 79.9. The lowest BCUT2D eigenvalue weighted by molar-refractivity contribution is -0.137. The average molecular weight is 290 g/mol. The number of carboxylic acids is 1. The van der Waals surface area contributed by atoms with Gasteiger partial charge in [-0.25, -0.2) is 4.39 Å². The van der Waals surface area contributed by atoms with Gasteiger partial charge in [0.2, 0.25) is 0 Å². The Hall–Kier alpha value is -1.10. The molecule has 0 radical (unpaired) electrons. The van der Waals surface area contributed by atoms with Crippen LogP contribution in [0.15, 0.2) is 22.7 Å². The summed E-state index contributed by atoms with van der Waals surface area (Å²) in [7, 11) is 1.68. The molecule has 0 saturated heterocycles. The number of hydrogen-bond acceptors (Lipinski definition) is 2. The van der Waals surface area contributed by atoms with Crippen LogP contribution in [0.4, 0.5) is 10.1 Å². The van der Waals surface area contributed by atoms with Gasteiger partial charge < -0.3 is 10.0 Å². The molecule has 0 heterocycles. The Labute approximate surface area is 102 Å². The summed E-state index contributed by atoms with van der Waals surface area (Å²) in [6.45, 7) is 1.74. The average Bonchev–Trinajstić information content (AvgIpc) is 2.19. The highest BCUT2D eigenvalue weighted by molar-refractivity contribution is 9.10. The van der Waals surface area contributed by atoms with Crippen molar-refractivity contribution in [1.29, 1.82) is 0 Å². The summed E-state index contributed by atoms with van der Waals surface area (Å²) in [6.07, 6.45) is -0.0253. The van der Waals surface area contributed by atoms with Gasteiger partial charge in [-0.05, 0) is 25.1 Å². The standard InChI is InChI=1S/C11H13BrFNO2/c1-7(5-11(15)16)14(2)10-6-8(12)3-4-9(10)13/h3-4,6-7H,5H2,1-2H3,(H,15,16). The van der Waals surface area contributed by atoms with Crippen LogP contribution in [0.2, 0.25) is 0 Å². The number of anilines is 1. The molecule has 1 aromatic rings. The van der Waals surface area contributed by atoms with Gasteiger partial charge in [-0.15, -0.1) is 0 Å². The summed E-state index contributed by atoms with van der Waals surface area (Å²) in [5, 5.41) is 8.67. The third-order valence-corrected chi connectivity index (χ3v) is 2.91. The van der Waals surface area contributed by atoms with Crippen LogP contribution in [-0.2, 0) is 4.79 Å². The predicted octanol–water partition coefficient (Wildman–Crippen LogP) is 2.89. The maximum absolute atomic E-state index is 13.5. The van der Waals surface area contributed by atoms with Crippen molar-refractivity contribution < 1.29 is 14.3 Å². The Morgan fingerprint density at radius 3 is 2.81 bits per heavy atom. The van der Waals surface area contributed by atoms with E-state index in [1.54, 1.807) is 31.0 Å². The van der Waals surface area contributed by atoms with E-state index in [4.69, 9.17) is 5.11 Å². The molecule has 0 aliphatic heterocycles. The van der Waals surface area contributed by atoms with Gasteiger partial charge in [0.15, 0.2) is 0 Å². The zero-order valence-corrected chi connectivity index (χ0v) is 10.7. The highest BCUT2D eigenvalue weighted by Crippen LogP contribution is 2.25. The van der Waals surface area contributed by atoms with Crippen molar-refractivity contribution in [1.82, 2.24) is 0 Å². The largest absolute Gasteiger partial charge is 0.481 e. The molecule has 1 N–H and O–H groups in total. The Balaban J connectivity index is 2.90. The Morgan fingerprint density at radius 2 is 2.25 bits per heavy atom. The van der Waals surface area contributed by atoms with Crippen molar-refractivity contribution >= 4 is 27.6 Å². The molecule has 1 unspecified atom stereocenters. The van der Waals surface area contributed by atoms with Crippen LogP contribution in [0.25, 0.3) is 0 Å². The van der Waals surface area contributed by atoms with E-state index in [9.17, 15) is 9.18 Å². The van der Waals surface area contributed by atoms with E-state index in [0.717, 1.165) is 4.47 Å². The first-order valence-corrected chi connectivity index (χ1v) is 5.60. The monoisotopic (exact) mass is 289 g/mol. The highest BCUT2D eigenvalue weighted by Gasteiger charge is 2.16. The number of halogens is 2. The first-order chi connectivity index (χ1) is 7.41. The van der Waals surface area contributed by atoms with Gasteiger partial charge in [0.1, 0.15) is 5.82 Å². The number of rotatable bonds is 4. The van der Waals surface area contributed by atoms with E-state index < -0.39 is 5.97 Å². The molecule has 1 rings (SSSR count). The fourth-order valence-electron chi connectivity index (χ4n) is 1.38. The van der Waals surface area contributed by atoms with Crippen LogP contribution < -0.4 is 4.90 Å². The SMILES string of the molecule is CC(CC(=O)O)N(C)c1cc(Br)ccc1F. The first kappa shape index (κ1) is 13.0. The zero-order chi connectivity index (χ0) is 12.3. The van der Waals surface area contributed by atoms with Gasteiger partial charge in [0, 0.05) is 17.6 Å². The molecule has 3 nitrogen and oxygen atoms in total. The predicted molar refractivity (Wildman–Crippen MR) is 64.2 cm³/mol. The summed E-state index contributed by atoms with van der Waals surface area (Å²) in [5.41, 5.74) is 0.392. The van der Waals surface area contributed by atoms with Crippen LogP contribution in [-0.4, -0.2) is 24.2 Å². The van der Waals surface area contributed by atoms with Crippen molar-refractivity contribution in [2.24, 2.45) is 0 Å². The second-order valence-electron chi connectivity index (χ2n) is 3.65. The van der Waals surface area contributed by atoms with Gasteiger partial charge in [0.25, 0.3) is 0 Å². The minimum Gasteiger partial charge on any atom is -0.481 e. The van der Waals surface area contributed by atoms with Crippen LogP contribution in [0.5, 0.6) is 0 Å². The molecule has 1 atom stereocenters. The van der Waals surface area contributed by atoms with E-state index in [1.165, 1.54) is 6.07 Å². The number of carbonyl (C=O) groups is 1. The molecule has 5 heteroatoms. The summed E-state index contributed by atoms with van der Waals surface area (Å²) >= 11 is 3.25. The number of carboxylic acid groups (broad SMARTS) is 1. The molecule has 88 valence electrons. The minimum atomic E-state index is -0.894.